The van der Waals surface area contributed by atoms with E-state index in [2.05, 4.69) is 4.98 Å². The smallest absolute Gasteiger partial charge is 0.307 e. The van der Waals surface area contributed by atoms with Gasteiger partial charge in [0.25, 0.3) is 0 Å². The number of aromatic nitrogens is 1. The molecule has 7 nitrogen and oxygen atoms in total. The molecule has 32 heavy (non-hydrogen) atoms. The fourth-order valence-corrected chi connectivity index (χ4v) is 4.91. The molecule has 0 radical (unpaired) electrons. The van der Waals surface area contributed by atoms with Crippen LogP contribution in [0.25, 0.3) is 0 Å². The minimum Gasteiger partial charge on any atom is -0.492 e. The molecule has 0 fully saturated rings. The highest BCUT2D eigenvalue weighted by atomic mass is 35.5. The molecule has 0 aliphatic heterocycles. The maximum Gasteiger partial charge on any atom is 0.307 e. The number of carboxylic acids is 1. The van der Waals surface area contributed by atoms with Gasteiger partial charge in [-0.3, -0.25) is 9.78 Å². The van der Waals surface area contributed by atoms with Crippen LogP contribution in [-0.2, 0) is 27.8 Å². The third-order valence-corrected chi connectivity index (χ3v) is 6.69. The van der Waals surface area contributed by atoms with E-state index >= 15 is 0 Å². The summed E-state index contributed by atoms with van der Waals surface area (Å²) in [5.41, 5.74) is 1.24. The number of carboxylic acid groups (broad SMARTS) is 1. The van der Waals surface area contributed by atoms with E-state index in [0.29, 0.717) is 26.9 Å². The normalized spacial score (nSPS) is 11.5. The van der Waals surface area contributed by atoms with Gasteiger partial charge in [0.2, 0.25) is 10.0 Å². The van der Waals surface area contributed by atoms with Crippen LogP contribution in [0.15, 0.2) is 71.9 Å². The number of hydrogen-bond donors (Lipinski definition) is 1. The summed E-state index contributed by atoms with van der Waals surface area (Å²) in [6.07, 6.45) is 2.62. The first-order valence-corrected chi connectivity index (χ1v) is 11.7. The number of nitrogens with zero attached hydrogens (tertiary/aromatic N) is 2. The Morgan fingerprint density at radius 2 is 1.75 bits per heavy atom. The first kappa shape index (κ1) is 24.0. The summed E-state index contributed by atoms with van der Waals surface area (Å²) in [5, 5.41) is 9.84. The Balaban J connectivity index is 1.82. The molecule has 0 saturated heterocycles. The topological polar surface area (TPSA) is 96.8 Å². The zero-order valence-electron chi connectivity index (χ0n) is 16.8. The Hall–Kier alpha value is -2.65. The molecule has 0 spiro atoms. The highest BCUT2D eigenvalue weighted by Crippen LogP contribution is 2.24. The third kappa shape index (κ3) is 6.67. The molecule has 10 heteroatoms. The van der Waals surface area contributed by atoms with Gasteiger partial charge in [-0.1, -0.05) is 47.5 Å². The van der Waals surface area contributed by atoms with Crippen LogP contribution in [0.5, 0.6) is 5.75 Å². The molecule has 0 bridgehead atoms. The van der Waals surface area contributed by atoms with Crippen molar-refractivity contribution in [1.82, 2.24) is 9.29 Å². The van der Waals surface area contributed by atoms with Gasteiger partial charge in [-0.2, -0.15) is 4.31 Å². The molecule has 0 amide bonds. The Kier molecular flexibility index (Phi) is 8.09. The third-order valence-electron chi connectivity index (χ3n) is 4.42. The van der Waals surface area contributed by atoms with Crippen LogP contribution in [0.4, 0.5) is 0 Å². The highest BCUT2D eigenvalue weighted by Gasteiger charge is 2.25. The van der Waals surface area contributed by atoms with Crippen LogP contribution in [0.1, 0.15) is 11.1 Å². The second kappa shape index (κ2) is 10.8. The average Bonchev–Trinajstić information content (AvgIpc) is 2.73. The van der Waals surface area contributed by atoms with E-state index < -0.39 is 16.0 Å². The number of rotatable bonds is 10. The molecule has 0 unspecified atom stereocenters. The number of sulfonamides is 1. The van der Waals surface area contributed by atoms with Gasteiger partial charge in [0.15, 0.2) is 0 Å². The number of carbonyl (C=O) groups is 1. The van der Waals surface area contributed by atoms with Gasteiger partial charge in [0.1, 0.15) is 17.3 Å². The summed E-state index contributed by atoms with van der Waals surface area (Å²) < 4.78 is 33.4. The van der Waals surface area contributed by atoms with Crippen molar-refractivity contribution < 1.29 is 23.1 Å². The van der Waals surface area contributed by atoms with Crippen molar-refractivity contribution >= 4 is 39.2 Å². The van der Waals surface area contributed by atoms with Crippen LogP contribution in [0.2, 0.25) is 10.0 Å². The Morgan fingerprint density at radius 1 is 1.03 bits per heavy atom. The molecule has 1 aromatic heterocycles. The van der Waals surface area contributed by atoms with Crippen LogP contribution in [0, 0.1) is 0 Å². The predicted octanol–water partition coefficient (Wildman–Crippen LogP) is 4.29. The molecule has 168 valence electrons. The second-order valence-electron chi connectivity index (χ2n) is 6.87. The van der Waals surface area contributed by atoms with Gasteiger partial charge >= 0.3 is 5.97 Å². The van der Waals surface area contributed by atoms with Crippen molar-refractivity contribution in [3.63, 3.8) is 0 Å². The van der Waals surface area contributed by atoms with Crippen molar-refractivity contribution in [2.45, 2.75) is 17.9 Å². The number of ether oxygens (including phenoxy) is 1. The van der Waals surface area contributed by atoms with Crippen molar-refractivity contribution in [2.24, 2.45) is 0 Å². The lowest BCUT2D eigenvalue weighted by atomic mass is 10.1. The van der Waals surface area contributed by atoms with Gasteiger partial charge < -0.3 is 9.84 Å². The number of aliphatic carboxylic acids is 1. The molecule has 1 N–H and O–H groups in total. The van der Waals surface area contributed by atoms with Crippen LogP contribution in [-0.4, -0.2) is 41.9 Å². The fourth-order valence-electron chi connectivity index (χ4n) is 3.03. The first-order chi connectivity index (χ1) is 15.2. The van der Waals surface area contributed by atoms with Gasteiger partial charge in [-0.15, -0.1) is 0 Å². The van der Waals surface area contributed by atoms with E-state index in [0.717, 1.165) is 0 Å². The van der Waals surface area contributed by atoms with Crippen molar-refractivity contribution in [2.75, 3.05) is 13.2 Å². The van der Waals surface area contributed by atoms with E-state index in [1.165, 1.54) is 22.8 Å². The first-order valence-electron chi connectivity index (χ1n) is 9.53. The van der Waals surface area contributed by atoms with Crippen molar-refractivity contribution in [3.05, 3.63) is 88.2 Å². The zero-order valence-corrected chi connectivity index (χ0v) is 19.1. The lowest BCUT2D eigenvalue weighted by Crippen LogP contribution is -2.34. The quantitative estimate of drug-likeness (QED) is 0.451. The highest BCUT2D eigenvalue weighted by molar-refractivity contribution is 7.89. The summed E-state index contributed by atoms with van der Waals surface area (Å²) in [6.45, 7) is 0.111. The summed E-state index contributed by atoms with van der Waals surface area (Å²) in [6, 6.07) is 14.6. The van der Waals surface area contributed by atoms with Gasteiger partial charge in [-0.05, 0) is 41.5 Å². The molecule has 0 atom stereocenters. The van der Waals surface area contributed by atoms with Gasteiger partial charge in [0.05, 0.1) is 6.42 Å². The molecule has 0 aliphatic rings. The molecule has 3 aromatic rings. The summed E-state index contributed by atoms with van der Waals surface area (Å²) >= 11 is 12.0. The van der Waals surface area contributed by atoms with Gasteiger partial charge in [-0.25, -0.2) is 8.42 Å². The average molecular weight is 495 g/mol. The Bertz CT molecular complexity index is 1170. The molecule has 3 rings (SSSR count). The van der Waals surface area contributed by atoms with Gasteiger partial charge in [0, 0.05) is 35.5 Å². The van der Waals surface area contributed by atoms with Crippen molar-refractivity contribution in [3.8, 4) is 5.75 Å². The molecule has 0 aliphatic carbocycles. The Labute approximate surface area is 196 Å². The Morgan fingerprint density at radius 3 is 2.41 bits per heavy atom. The second-order valence-corrected chi connectivity index (χ2v) is 9.68. The van der Waals surface area contributed by atoms with E-state index in [9.17, 15) is 13.2 Å². The monoisotopic (exact) mass is 494 g/mol. The summed E-state index contributed by atoms with van der Waals surface area (Å²) in [7, 11) is -3.88. The zero-order chi connectivity index (χ0) is 23.1. The number of halogens is 2. The maximum absolute atomic E-state index is 13.2. The van der Waals surface area contributed by atoms with Crippen molar-refractivity contribution in [1.29, 1.82) is 0 Å². The van der Waals surface area contributed by atoms with E-state index in [-0.39, 0.29) is 31.0 Å². The molecule has 2 aromatic carbocycles. The minimum atomic E-state index is -3.88. The number of hydrogen-bond acceptors (Lipinski definition) is 5. The van der Waals surface area contributed by atoms with Crippen LogP contribution in [0.3, 0.4) is 0 Å². The SMILES string of the molecule is O=C(O)Cc1cccc(CN(CCOc2cc(Cl)cc(Cl)c2)S(=O)(=O)c2cccnc2)c1. The molecular weight excluding hydrogens is 475 g/mol. The largest absolute Gasteiger partial charge is 0.492 e. The standard InChI is InChI=1S/C22H20Cl2N2O5S/c23-18-11-19(24)13-20(12-18)31-8-7-26(32(29,30)21-5-2-6-25-14-21)15-17-4-1-3-16(9-17)10-22(27)28/h1-6,9,11-14H,7-8,10,15H2,(H,27,28). The van der Waals surface area contributed by atoms with E-state index in [1.54, 1.807) is 48.5 Å². The fraction of sp³-hybridized carbons (Fsp3) is 0.182. The molecule has 0 saturated carbocycles. The number of pyridine rings is 1. The predicted molar refractivity (Wildman–Crippen MR) is 122 cm³/mol. The summed E-state index contributed by atoms with van der Waals surface area (Å²) in [5.74, 6) is -0.541. The molecular formula is C22H20Cl2N2O5S. The minimum absolute atomic E-state index is 0.0321. The lowest BCUT2D eigenvalue weighted by Gasteiger charge is -2.22. The summed E-state index contributed by atoms with van der Waals surface area (Å²) in [4.78, 5) is 15.0. The van der Waals surface area contributed by atoms with E-state index in [1.807, 2.05) is 0 Å². The van der Waals surface area contributed by atoms with Crippen LogP contribution < -0.4 is 4.74 Å². The molecule has 1 heterocycles. The van der Waals surface area contributed by atoms with Crippen LogP contribution >= 0.6 is 23.2 Å². The van der Waals surface area contributed by atoms with E-state index in [4.69, 9.17) is 33.0 Å². The lowest BCUT2D eigenvalue weighted by molar-refractivity contribution is -0.136. The number of benzene rings is 2. The maximum atomic E-state index is 13.2.